The largest absolute Gasteiger partial charge is 0.350 e. The van der Waals surface area contributed by atoms with Crippen molar-refractivity contribution in [2.75, 3.05) is 13.2 Å². The third-order valence-corrected chi connectivity index (χ3v) is 4.97. The van der Waals surface area contributed by atoms with Gasteiger partial charge in [0.2, 0.25) is 0 Å². The summed E-state index contributed by atoms with van der Waals surface area (Å²) < 4.78 is 5.41. The number of likely N-dealkylation sites (tertiary alicyclic amines) is 1. The summed E-state index contributed by atoms with van der Waals surface area (Å²) in [5.41, 5.74) is 2.74. The number of amides is 2. The van der Waals surface area contributed by atoms with Gasteiger partial charge < -0.3 is 9.64 Å². The maximum Gasteiger partial charge on any atom is 0.266 e. The van der Waals surface area contributed by atoms with Gasteiger partial charge in [-0.1, -0.05) is 23.2 Å². The molecule has 0 saturated carbocycles. The Kier molecular flexibility index (Phi) is 6.17. The van der Waals surface area contributed by atoms with E-state index >= 15 is 0 Å². The highest BCUT2D eigenvalue weighted by Gasteiger charge is 2.35. The lowest BCUT2D eigenvalue weighted by molar-refractivity contribution is -0.201. The number of ether oxygens (including phenoxy) is 1. The third-order valence-electron chi connectivity index (χ3n) is 4.40. The highest BCUT2D eigenvalue weighted by atomic mass is 35.5. The molecule has 1 N–H and O–H groups in total. The van der Waals surface area contributed by atoms with Crippen LogP contribution in [0.2, 0.25) is 10.0 Å². The summed E-state index contributed by atoms with van der Waals surface area (Å²) in [6, 6.07) is 4.12. The van der Waals surface area contributed by atoms with Crippen molar-refractivity contribution in [3.8, 4) is 0 Å². The molecule has 0 aromatic heterocycles. The van der Waals surface area contributed by atoms with Crippen molar-refractivity contribution < 1.29 is 19.2 Å². The topological polar surface area (TPSA) is 67.9 Å². The predicted molar refractivity (Wildman–Crippen MR) is 93.3 cm³/mol. The lowest BCUT2D eigenvalue weighted by Crippen LogP contribution is -2.47. The van der Waals surface area contributed by atoms with Gasteiger partial charge in [-0.25, -0.2) is 10.3 Å². The number of hydrogen-bond donors (Lipinski definition) is 1. The summed E-state index contributed by atoms with van der Waals surface area (Å²) in [5, 5.41) is 0.734. The van der Waals surface area contributed by atoms with E-state index in [0.717, 1.165) is 25.7 Å². The Labute approximate surface area is 156 Å². The summed E-state index contributed by atoms with van der Waals surface area (Å²) in [4.78, 5) is 32.1. The van der Waals surface area contributed by atoms with Crippen LogP contribution in [0.3, 0.4) is 0 Å². The first-order valence-corrected chi connectivity index (χ1v) is 9.15. The normalized spacial score (nSPS) is 23.5. The minimum Gasteiger partial charge on any atom is -0.350 e. The second-order valence-corrected chi connectivity index (χ2v) is 7.00. The van der Waals surface area contributed by atoms with E-state index in [-0.39, 0.29) is 11.8 Å². The van der Waals surface area contributed by atoms with Gasteiger partial charge in [0.25, 0.3) is 11.8 Å². The van der Waals surface area contributed by atoms with E-state index in [2.05, 4.69) is 5.48 Å². The Morgan fingerprint density at radius 2 is 2.04 bits per heavy atom. The Bertz CT molecular complexity index is 650. The monoisotopic (exact) mass is 386 g/mol. The van der Waals surface area contributed by atoms with Crippen LogP contribution in [-0.4, -0.2) is 42.2 Å². The Morgan fingerprint density at radius 3 is 2.80 bits per heavy atom. The Morgan fingerprint density at radius 1 is 1.20 bits per heavy atom. The van der Waals surface area contributed by atoms with Gasteiger partial charge in [0.1, 0.15) is 6.04 Å². The molecule has 2 fully saturated rings. The molecule has 136 valence electrons. The number of benzene rings is 1. The molecule has 8 heteroatoms. The van der Waals surface area contributed by atoms with Crippen LogP contribution >= 0.6 is 23.2 Å². The molecule has 0 bridgehead atoms. The average Bonchev–Trinajstić information content (AvgIpc) is 3.12. The number of carbonyl (C=O) groups excluding carboxylic acids is 2. The summed E-state index contributed by atoms with van der Waals surface area (Å²) in [7, 11) is 0. The van der Waals surface area contributed by atoms with Crippen LogP contribution in [0.4, 0.5) is 0 Å². The zero-order valence-corrected chi connectivity index (χ0v) is 15.2. The fourth-order valence-electron chi connectivity index (χ4n) is 3.09. The molecule has 2 aliphatic heterocycles. The van der Waals surface area contributed by atoms with Gasteiger partial charge in [0.15, 0.2) is 6.29 Å². The van der Waals surface area contributed by atoms with E-state index in [0.29, 0.717) is 35.2 Å². The highest BCUT2D eigenvalue weighted by Crippen LogP contribution is 2.26. The molecule has 25 heavy (non-hydrogen) atoms. The second-order valence-electron chi connectivity index (χ2n) is 6.16. The summed E-state index contributed by atoms with van der Waals surface area (Å²) in [5.74, 6) is -0.655. The fourth-order valence-corrected chi connectivity index (χ4v) is 3.46. The average molecular weight is 387 g/mol. The van der Waals surface area contributed by atoms with E-state index in [9.17, 15) is 9.59 Å². The molecule has 2 atom stereocenters. The molecule has 2 saturated heterocycles. The molecule has 0 radical (unpaired) electrons. The molecule has 2 heterocycles. The molecule has 2 amide bonds. The fraction of sp³-hybridized carbons (Fsp3) is 0.529. The third kappa shape index (κ3) is 4.44. The zero-order valence-electron chi connectivity index (χ0n) is 13.7. The minimum absolute atomic E-state index is 0.297. The lowest BCUT2D eigenvalue weighted by Gasteiger charge is -2.26. The van der Waals surface area contributed by atoms with Crippen LogP contribution < -0.4 is 5.48 Å². The van der Waals surface area contributed by atoms with E-state index in [1.807, 2.05) is 0 Å². The second kappa shape index (κ2) is 8.36. The molecule has 0 spiro atoms. The van der Waals surface area contributed by atoms with Crippen molar-refractivity contribution in [3.63, 3.8) is 0 Å². The first-order valence-electron chi connectivity index (χ1n) is 8.39. The summed E-state index contributed by atoms with van der Waals surface area (Å²) in [6.45, 7) is 1.11. The first-order chi connectivity index (χ1) is 12.1. The lowest BCUT2D eigenvalue weighted by atomic mass is 10.1. The Balaban J connectivity index is 1.64. The van der Waals surface area contributed by atoms with Gasteiger partial charge in [-0.2, -0.15) is 0 Å². The van der Waals surface area contributed by atoms with Crippen molar-refractivity contribution in [2.24, 2.45) is 0 Å². The van der Waals surface area contributed by atoms with Crippen molar-refractivity contribution in [1.82, 2.24) is 10.4 Å². The number of rotatable bonds is 4. The molecule has 1 aromatic rings. The van der Waals surface area contributed by atoms with Gasteiger partial charge in [-0.15, -0.1) is 0 Å². The SMILES string of the molecule is O=C(NOC1CCCCO1)C1CCCN1C(=O)c1cc(Cl)ccc1Cl. The van der Waals surface area contributed by atoms with Crippen LogP contribution in [-0.2, 0) is 14.4 Å². The number of halogens is 2. The first kappa shape index (κ1) is 18.5. The molecule has 1 aromatic carbocycles. The highest BCUT2D eigenvalue weighted by molar-refractivity contribution is 6.35. The van der Waals surface area contributed by atoms with Gasteiger partial charge in [0.05, 0.1) is 10.6 Å². The minimum atomic E-state index is -0.592. The van der Waals surface area contributed by atoms with Gasteiger partial charge >= 0.3 is 0 Å². The van der Waals surface area contributed by atoms with Crippen LogP contribution in [0, 0.1) is 0 Å². The van der Waals surface area contributed by atoms with Crippen LogP contribution in [0.1, 0.15) is 42.5 Å². The van der Waals surface area contributed by atoms with Crippen molar-refractivity contribution in [2.45, 2.75) is 44.4 Å². The van der Waals surface area contributed by atoms with Gasteiger partial charge in [-0.3, -0.25) is 9.59 Å². The number of nitrogens with one attached hydrogen (secondary N) is 1. The van der Waals surface area contributed by atoms with E-state index in [1.54, 1.807) is 12.1 Å². The molecule has 0 aliphatic carbocycles. The quantitative estimate of drug-likeness (QED) is 0.806. The number of nitrogens with zero attached hydrogens (tertiary/aromatic N) is 1. The van der Waals surface area contributed by atoms with Crippen molar-refractivity contribution in [3.05, 3.63) is 33.8 Å². The molecule has 3 rings (SSSR count). The Hall–Kier alpha value is -1.34. The van der Waals surface area contributed by atoms with Gasteiger partial charge in [0, 0.05) is 24.6 Å². The van der Waals surface area contributed by atoms with Crippen LogP contribution in [0.25, 0.3) is 0 Å². The smallest absolute Gasteiger partial charge is 0.266 e. The number of hydrogen-bond acceptors (Lipinski definition) is 4. The van der Waals surface area contributed by atoms with Gasteiger partial charge in [-0.05, 0) is 43.9 Å². The predicted octanol–water partition coefficient (Wildman–Crippen LogP) is 3.17. The standard InChI is InChI=1S/C17H20Cl2N2O4/c18-11-6-7-13(19)12(10-11)17(23)21-8-3-4-14(21)16(22)20-25-15-5-1-2-9-24-15/h6-7,10,14-15H,1-5,8-9H2,(H,20,22). The van der Waals surface area contributed by atoms with E-state index in [4.69, 9.17) is 32.8 Å². The van der Waals surface area contributed by atoms with Crippen LogP contribution in [0.5, 0.6) is 0 Å². The molecule has 6 nitrogen and oxygen atoms in total. The van der Waals surface area contributed by atoms with Crippen molar-refractivity contribution >= 4 is 35.0 Å². The zero-order chi connectivity index (χ0) is 17.8. The number of carbonyl (C=O) groups is 2. The van der Waals surface area contributed by atoms with E-state index < -0.39 is 12.3 Å². The van der Waals surface area contributed by atoms with E-state index in [1.165, 1.54) is 11.0 Å². The molecular formula is C17H20Cl2N2O4. The molecular weight excluding hydrogens is 367 g/mol. The molecule has 2 aliphatic rings. The number of hydroxylamine groups is 1. The maximum absolute atomic E-state index is 12.8. The summed E-state index contributed by atoms with van der Waals surface area (Å²) in [6.07, 6.45) is 3.63. The molecule has 2 unspecified atom stereocenters. The van der Waals surface area contributed by atoms with Crippen LogP contribution in [0.15, 0.2) is 18.2 Å². The summed E-state index contributed by atoms with van der Waals surface area (Å²) >= 11 is 12.1. The van der Waals surface area contributed by atoms with Crippen molar-refractivity contribution in [1.29, 1.82) is 0 Å². The maximum atomic E-state index is 12.8.